The summed E-state index contributed by atoms with van der Waals surface area (Å²) >= 11 is 0. The number of halogens is 2. The van der Waals surface area contributed by atoms with Gasteiger partial charge in [-0.05, 0) is 67.6 Å². The van der Waals surface area contributed by atoms with Gasteiger partial charge in [-0.1, -0.05) is 6.42 Å². The van der Waals surface area contributed by atoms with Crippen molar-refractivity contribution in [2.45, 2.75) is 32.1 Å². The van der Waals surface area contributed by atoms with Crippen LogP contribution < -0.4 is 0 Å². The minimum atomic E-state index is -1.14. The van der Waals surface area contributed by atoms with E-state index in [-0.39, 0.29) is 17.2 Å². The van der Waals surface area contributed by atoms with E-state index in [0.717, 1.165) is 31.4 Å². The maximum Gasteiger partial charge on any atom is 0.311 e. The third-order valence-corrected chi connectivity index (χ3v) is 5.80. The van der Waals surface area contributed by atoms with E-state index in [1.54, 1.807) is 6.92 Å². The first-order valence-electron chi connectivity index (χ1n) is 9.36. The van der Waals surface area contributed by atoms with Crippen LogP contribution >= 0.6 is 0 Å². The molecule has 2 N–H and O–H groups in total. The van der Waals surface area contributed by atoms with Crippen molar-refractivity contribution in [1.82, 2.24) is 4.57 Å². The highest BCUT2D eigenvalue weighted by Gasteiger charge is 2.38. The number of phenols is 1. The minimum absolute atomic E-state index is 0.0473. The number of hydrogen-bond acceptors (Lipinski definition) is 3. The van der Waals surface area contributed by atoms with Crippen molar-refractivity contribution < 1.29 is 28.6 Å². The molecule has 4 rings (SSSR count). The maximum atomic E-state index is 13.7. The molecule has 1 aromatic heterocycles. The van der Waals surface area contributed by atoms with E-state index in [0.29, 0.717) is 22.2 Å². The van der Waals surface area contributed by atoms with Crippen molar-refractivity contribution >= 4 is 22.8 Å². The van der Waals surface area contributed by atoms with E-state index < -0.39 is 29.4 Å². The monoisotopic (exact) mass is 399 g/mol. The lowest BCUT2D eigenvalue weighted by Gasteiger charge is -2.31. The van der Waals surface area contributed by atoms with Crippen LogP contribution in [0.25, 0.3) is 10.9 Å². The summed E-state index contributed by atoms with van der Waals surface area (Å²) in [6.07, 6.45) is 2.50. The van der Waals surface area contributed by atoms with E-state index in [9.17, 15) is 28.6 Å². The number of carboxylic acid groups (broad SMARTS) is 1. The normalized spacial score (nSPS) is 15.3. The average Bonchev–Trinajstić information content (AvgIpc) is 2.90. The number of benzene rings is 2. The Bertz CT molecular complexity index is 1150. The van der Waals surface area contributed by atoms with Crippen molar-refractivity contribution in [1.29, 1.82) is 0 Å². The van der Waals surface area contributed by atoms with Gasteiger partial charge in [0.1, 0.15) is 5.75 Å². The van der Waals surface area contributed by atoms with Gasteiger partial charge in [0, 0.05) is 16.6 Å². The fourth-order valence-electron chi connectivity index (χ4n) is 4.18. The topological polar surface area (TPSA) is 79.5 Å². The number of aliphatic carboxylic acids is 1. The fourth-order valence-corrected chi connectivity index (χ4v) is 4.18. The quantitative estimate of drug-likeness (QED) is 0.673. The first kappa shape index (κ1) is 19.1. The Hall–Kier alpha value is -3.22. The highest BCUT2D eigenvalue weighted by atomic mass is 19.2. The Labute approximate surface area is 165 Å². The van der Waals surface area contributed by atoms with Gasteiger partial charge in [-0.15, -0.1) is 0 Å². The number of hydrogen-bond donors (Lipinski definition) is 2. The van der Waals surface area contributed by atoms with Crippen LogP contribution in [-0.2, 0) is 4.79 Å². The highest BCUT2D eigenvalue weighted by molar-refractivity contribution is 6.05. The predicted octanol–water partition coefficient (Wildman–Crippen LogP) is 4.59. The molecule has 1 heterocycles. The van der Waals surface area contributed by atoms with Gasteiger partial charge in [0.2, 0.25) is 0 Å². The number of carbonyl (C=O) groups excluding carboxylic acids is 1. The van der Waals surface area contributed by atoms with Crippen molar-refractivity contribution in [3.8, 4) is 5.75 Å². The molecule has 7 heteroatoms. The second-order valence-corrected chi connectivity index (χ2v) is 7.48. The van der Waals surface area contributed by atoms with Crippen LogP contribution in [0, 0.1) is 24.5 Å². The zero-order chi connectivity index (χ0) is 20.9. The molecule has 1 atom stereocenters. The van der Waals surface area contributed by atoms with Gasteiger partial charge < -0.3 is 10.2 Å². The molecule has 0 spiro atoms. The number of nitrogens with zero attached hydrogens (tertiary/aromatic N) is 1. The van der Waals surface area contributed by atoms with Gasteiger partial charge in [0.15, 0.2) is 11.6 Å². The summed E-state index contributed by atoms with van der Waals surface area (Å²) in [6, 6.07) is 7.26. The third kappa shape index (κ3) is 3.06. The lowest BCUT2D eigenvalue weighted by atomic mass is 9.72. The van der Waals surface area contributed by atoms with Gasteiger partial charge in [0.05, 0.1) is 11.4 Å². The number of fused-ring (bicyclic) bond motifs is 1. The van der Waals surface area contributed by atoms with Crippen molar-refractivity contribution in [3.05, 3.63) is 64.9 Å². The number of phenolic OH excluding ortho intramolecular Hbond substituents is 1. The number of carbonyl (C=O) groups is 2. The summed E-state index contributed by atoms with van der Waals surface area (Å²) in [5, 5.41) is 20.3. The zero-order valence-corrected chi connectivity index (χ0v) is 15.7. The molecule has 0 saturated heterocycles. The highest BCUT2D eigenvalue weighted by Crippen LogP contribution is 2.44. The first-order chi connectivity index (χ1) is 13.8. The second kappa shape index (κ2) is 6.99. The molecule has 2 aromatic carbocycles. The second-order valence-electron chi connectivity index (χ2n) is 7.48. The van der Waals surface area contributed by atoms with Crippen LogP contribution in [0.15, 0.2) is 36.4 Å². The largest absolute Gasteiger partial charge is 0.508 e. The van der Waals surface area contributed by atoms with Gasteiger partial charge in [0.25, 0.3) is 5.91 Å². The van der Waals surface area contributed by atoms with Crippen LogP contribution in [0.1, 0.15) is 46.8 Å². The Kier molecular flexibility index (Phi) is 4.61. The lowest BCUT2D eigenvalue weighted by molar-refractivity contribution is -0.141. The van der Waals surface area contributed by atoms with Crippen molar-refractivity contribution in [3.63, 3.8) is 0 Å². The zero-order valence-electron chi connectivity index (χ0n) is 15.7. The molecule has 1 unspecified atom stereocenters. The van der Waals surface area contributed by atoms with Crippen LogP contribution in [0.5, 0.6) is 5.75 Å². The molecular weight excluding hydrogens is 380 g/mol. The maximum absolute atomic E-state index is 13.7. The predicted molar refractivity (Wildman–Crippen MR) is 102 cm³/mol. The van der Waals surface area contributed by atoms with Crippen LogP contribution in [-0.4, -0.2) is 26.7 Å². The SMILES string of the molecule is Cc1c(C(C(=O)O)C2CCC2)c2cc(O)ccc2n1C(=O)c1ccc(F)c(F)c1. The molecule has 29 heavy (non-hydrogen) atoms. The molecular formula is C22H19F2NO4. The number of aromatic nitrogens is 1. The van der Waals surface area contributed by atoms with Gasteiger partial charge >= 0.3 is 5.97 Å². The van der Waals surface area contributed by atoms with Gasteiger partial charge in [-0.25, -0.2) is 8.78 Å². The molecule has 5 nitrogen and oxygen atoms in total. The third-order valence-electron chi connectivity index (χ3n) is 5.80. The van der Waals surface area contributed by atoms with Crippen LogP contribution in [0.2, 0.25) is 0 Å². The molecule has 0 bridgehead atoms. The molecule has 0 radical (unpaired) electrons. The Balaban J connectivity index is 1.95. The number of carboxylic acids is 1. The molecule has 1 fully saturated rings. The van der Waals surface area contributed by atoms with Crippen LogP contribution in [0.3, 0.4) is 0 Å². The van der Waals surface area contributed by atoms with Gasteiger partial charge in [-0.3, -0.25) is 14.2 Å². The number of aromatic hydroxyl groups is 1. The smallest absolute Gasteiger partial charge is 0.311 e. The standard InChI is InChI=1S/C22H19F2NO4/c1-11-19(20(22(28)29)12-3-2-4-12)15-10-14(26)6-8-18(15)25(11)21(27)13-5-7-16(23)17(24)9-13/h5-10,12,20,26H,2-4H2,1H3,(H,28,29). The Morgan fingerprint density at radius 2 is 1.83 bits per heavy atom. The molecule has 1 aliphatic carbocycles. The molecule has 3 aromatic rings. The molecule has 1 saturated carbocycles. The summed E-state index contributed by atoms with van der Waals surface area (Å²) in [5.74, 6) is -4.69. The van der Waals surface area contributed by atoms with E-state index in [1.807, 2.05) is 0 Å². The number of rotatable bonds is 4. The molecule has 1 aliphatic rings. The summed E-state index contributed by atoms with van der Waals surface area (Å²) in [6.45, 7) is 1.64. The Morgan fingerprint density at radius 3 is 2.41 bits per heavy atom. The molecule has 0 amide bonds. The summed E-state index contributed by atoms with van der Waals surface area (Å²) in [7, 11) is 0. The summed E-state index contributed by atoms with van der Waals surface area (Å²) in [5.41, 5.74) is 1.25. The summed E-state index contributed by atoms with van der Waals surface area (Å²) in [4.78, 5) is 25.3. The molecule has 150 valence electrons. The van der Waals surface area contributed by atoms with Crippen LogP contribution in [0.4, 0.5) is 8.78 Å². The van der Waals surface area contributed by atoms with E-state index in [1.165, 1.54) is 28.8 Å². The Morgan fingerprint density at radius 1 is 1.10 bits per heavy atom. The van der Waals surface area contributed by atoms with Crippen molar-refractivity contribution in [2.24, 2.45) is 5.92 Å². The van der Waals surface area contributed by atoms with Gasteiger partial charge in [-0.2, -0.15) is 0 Å². The van der Waals surface area contributed by atoms with E-state index in [4.69, 9.17) is 0 Å². The van der Waals surface area contributed by atoms with E-state index in [2.05, 4.69) is 0 Å². The molecule has 0 aliphatic heterocycles. The summed E-state index contributed by atoms with van der Waals surface area (Å²) < 4.78 is 28.3. The van der Waals surface area contributed by atoms with E-state index >= 15 is 0 Å². The first-order valence-corrected chi connectivity index (χ1v) is 9.36. The fraction of sp³-hybridized carbons (Fsp3) is 0.273. The lowest BCUT2D eigenvalue weighted by Crippen LogP contribution is -2.27. The minimum Gasteiger partial charge on any atom is -0.508 e. The average molecular weight is 399 g/mol. The van der Waals surface area contributed by atoms with Crippen molar-refractivity contribution in [2.75, 3.05) is 0 Å².